The van der Waals surface area contributed by atoms with Gasteiger partial charge in [-0.3, -0.25) is 19.3 Å². The first-order chi connectivity index (χ1) is 18.8. The van der Waals surface area contributed by atoms with Crippen LogP contribution in [-0.2, 0) is 19.1 Å². The number of aryl methyl sites for hydroxylation is 1. The van der Waals surface area contributed by atoms with Crippen LogP contribution in [0.15, 0.2) is 77.3 Å². The molecule has 0 radical (unpaired) electrons. The van der Waals surface area contributed by atoms with Crippen molar-refractivity contribution >= 4 is 51.0 Å². The molecular formula is C31H27BrN2O5. The molecule has 1 aliphatic heterocycles. The number of hydrogen-bond donors (Lipinski definition) is 1. The number of halogens is 1. The molecule has 0 aromatic heterocycles. The number of carbonyl (C=O) groups excluding carboxylic acids is 4. The number of amides is 3. The largest absolute Gasteiger partial charge is 0.452 e. The molecule has 8 heteroatoms. The normalized spacial score (nSPS) is 25.1. The van der Waals surface area contributed by atoms with Gasteiger partial charge in [0.2, 0.25) is 11.8 Å². The Morgan fingerprint density at radius 3 is 2.38 bits per heavy atom. The van der Waals surface area contributed by atoms with Crippen molar-refractivity contribution < 1.29 is 23.9 Å². The van der Waals surface area contributed by atoms with Gasteiger partial charge in [-0.25, -0.2) is 4.79 Å². The van der Waals surface area contributed by atoms with Crippen LogP contribution in [-0.4, -0.2) is 30.3 Å². The van der Waals surface area contributed by atoms with Gasteiger partial charge in [-0.05, 0) is 91.1 Å². The molecule has 0 unspecified atom stereocenters. The van der Waals surface area contributed by atoms with E-state index in [1.54, 1.807) is 18.2 Å². The fourth-order valence-corrected chi connectivity index (χ4v) is 7.19. The van der Waals surface area contributed by atoms with Crippen molar-refractivity contribution in [3.05, 3.63) is 94.0 Å². The lowest BCUT2D eigenvalue weighted by Gasteiger charge is -2.28. The van der Waals surface area contributed by atoms with Crippen LogP contribution in [0.4, 0.5) is 11.4 Å². The number of rotatable bonds is 6. The van der Waals surface area contributed by atoms with Gasteiger partial charge in [-0.15, -0.1) is 0 Å². The van der Waals surface area contributed by atoms with E-state index in [0.29, 0.717) is 17.3 Å². The van der Waals surface area contributed by atoms with Crippen molar-refractivity contribution in [1.29, 1.82) is 0 Å². The number of fused-ring (bicyclic) bond motifs is 5. The van der Waals surface area contributed by atoms with Gasteiger partial charge in [-0.2, -0.15) is 0 Å². The van der Waals surface area contributed by atoms with E-state index in [0.717, 1.165) is 22.9 Å². The van der Waals surface area contributed by atoms with Gasteiger partial charge in [-0.1, -0.05) is 46.3 Å². The number of imide groups is 1. The summed E-state index contributed by atoms with van der Waals surface area (Å²) in [6.45, 7) is 1.43. The van der Waals surface area contributed by atoms with E-state index >= 15 is 0 Å². The first-order valence-electron chi connectivity index (χ1n) is 13.1. The lowest BCUT2D eigenvalue weighted by Crippen LogP contribution is -2.33. The van der Waals surface area contributed by atoms with Crippen molar-refractivity contribution in [2.45, 2.75) is 25.7 Å². The number of hydrogen-bond acceptors (Lipinski definition) is 5. The Kier molecular flexibility index (Phi) is 6.59. The van der Waals surface area contributed by atoms with Crippen molar-refractivity contribution in [3.63, 3.8) is 0 Å². The Labute approximate surface area is 234 Å². The van der Waals surface area contributed by atoms with E-state index in [1.807, 2.05) is 37.3 Å². The van der Waals surface area contributed by atoms with Crippen LogP contribution >= 0.6 is 15.9 Å². The van der Waals surface area contributed by atoms with Crippen molar-refractivity contribution in [2.75, 3.05) is 16.8 Å². The molecule has 3 aromatic rings. The summed E-state index contributed by atoms with van der Waals surface area (Å²) in [5, 5.41) is 2.73. The number of carbonyl (C=O) groups is 4. The number of anilines is 2. The van der Waals surface area contributed by atoms with Crippen LogP contribution in [0.5, 0.6) is 0 Å². The van der Waals surface area contributed by atoms with Gasteiger partial charge in [0.25, 0.3) is 5.91 Å². The fourth-order valence-electron chi connectivity index (χ4n) is 6.71. The van der Waals surface area contributed by atoms with E-state index in [9.17, 15) is 19.2 Å². The topological polar surface area (TPSA) is 92.8 Å². The van der Waals surface area contributed by atoms with E-state index in [-0.39, 0.29) is 41.0 Å². The van der Waals surface area contributed by atoms with Crippen LogP contribution in [0.3, 0.4) is 0 Å². The van der Waals surface area contributed by atoms with E-state index in [4.69, 9.17) is 4.74 Å². The molecule has 1 N–H and O–H groups in total. The lowest BCUT2D eigenvalue weighted by atomic mass is 9.73. The smallest absolute Gasteiger partial charge is 0.338 e. The summed E-state index contributed by atoms with van der Waals surface area (Å²) in [5.41, 5.74) is 3.44. The van der Waals surface area contributed by atoms with Crippen molar-refractivity contribution in [2.24, 2.45) is 23.7 Å². The van der Waals surface area contributed by atoms with Gasteiger partial charge in [0.15, 0.2) is 6.61 Å². The molecular weight excluding hydrogens is 560 g/mol. The monoisotopic (exact) mass is 586 g/mol. The average Bonchev–Trinajstić information content (AvgIpc) is 3.61. The number of nitrogens with zero attached hydrogens (tertiary/aromatic N) is 1. The van der Waals surface area contributed by atoms with E-state index in [1.165, 1.54) is 22.6 Å². The minimum absolute atomic E-state index is 0.140. The third-order valence-corrected chi connectivity index (χ3v) is 8.89. The van der Waals surface area contributed by atoms with Crippen LogP contribution in [0, 0.1) is 30.6 Å². The molecule has 198 valence electrons. The second-order valence-electron chi connectivity index (χ2n) is 10.6. The molecule has 3 aromatic carbocycles. The Morgan fingerprint density at radius 1 is 0.949 bits per heavy atom. The lowest BCUT2D eigenvalue weighted by molar-refractivity contribution is -0.123. The highest BCUT2D eigenvalue weighted by Gasteiger charge is 2.64. The Balaban J connectivity index is 1.10. The van der Waals surface area contributed by atoms with E-state index in [2.05, 4.69) is 33.4 Å². The first-order valence-corrected chi connectivity index (χ1v) is 13.9. The van der Waals surface area contributed by atoms with Gasteiger partial charge >= 0.3 is 5.97 Å². The zero-order chi connectivity index (χ0) is 27.3. The summed E-state index contributed by atoms with van der Waals surface area (Å²) >= 11 is 3.38. The van der Waals surface area contributed by atoms with Crippen molar-refractivity contribution in [3.8, 4) is 0 Å². The molecule has 6 rings (SSSR count). The van der Waals surface area contributed by atoms with Crippen LogP contribution < -0.4 is 10.2 Å². The van der Waals surface area contributed by atoms with Gasteiger partial charge in [0, 0.05) is 10.2 Å². The minimum Gasteiger partial charge on any atom is -0.452 e. The molecule has 5 atom stereocenters. The molecule has 39 heavy (non-hydrogen) atoms. The summed E-state index contributed by atoms with van der Waals surface area (Å²) < 4.78 is 6.08. The molecule has 3 amide bonds. The number of benzene rings is 3. The molecule has 7 nitrogen and oxygen atoms in total. The zero-order valence-electron chi connectivity index (χ0n) is 21.3. The average molecular weight is 587 g/mol. The van der Waals surface area contributed by atoms with Crippen LogP contribution in [0.1, 0.15) is 40.2 Å². The maximum absolute atomic E-state index is 13.5. The van der Waals surface area contributed by atoms with Crippen LogP contribution in [0.25, 0.3) is 0 Å². The predicted molar refractivity (Wildman–Crippen MR) is 149 cm³/mol. The molecule has 2 bridgehead atoms. The predicted octanol–water partition coefficient (Wildman–Crippen LogP) is 5.48. The van der Waals surface area contributed by atoms with Gasteiger partial charge in [0.1, 0.15) is 0 Å². The fraction of sp³-hybridized carbons (Fsp3) is 0.290. The number of ether oxygens (including phenoxy) is 1. The summed E-state index contributed by atoms with van der Waals surface area (Å²) in [6, 6.07) is 21.9. The summed E-state index contributed by atoms with van der Waals surface area (Å²) in [7, 11) is 0. The maximum Gasteiger partial charge on any atom is 0.338 e. The van der Waals surface area contributed by atoms with E-state index < -0.39 is 18.5 Å². The first kappa shape index (κ1) is 25.5. The number of esters is 1. The Hall–Kier alpha value is -3.78. The molecule has 1 saturated heterocycles. The third kappa shape index (κ3) is 4.56. The summed E-state index contributed by atoms with van der Waals surface area (Å²) in [6.07, 6.45) is 1.85. The highest BCUT2D eigenvalue weighted by Crippen LogP contribution is 2.61. The zero-order valence-corrected chi connectivity index (χ0v) is 22.9. The van der Waals surface area contributed by atoms with Crippen molar-refractivity contribution in [1.82, 2.24) is 0 Å². The highest BCUT2D eigenvalue weighted by atomic mass is 79.9. The van der Waals surface area contributed by atoms with Crippen LogP contribution in [0.2, 0.25) is 0 Å². The second kappa shape index (κ2) is 10.1. The van der Waals surface area contributed by atoms with Gasteiger partial charge in [0.05, 0.1) is 23.1 Å². The molecule has 3 fully saturated rings. The SMILES string of the molecule is Cc1cc(Br)ccc1NC(=O)COC(=O)c1ccc(N2C(=O)[C@@H]3[C@@H]4C[C@@H]([C@H]3C2=O)[C@@H](c2ccccc2)C4)cc1. The quantitative estimate of drug-likeness (QED) is 0.305. The minimum atomic E-state index is -0.663. The molecule has 2 aliphatic carbocycles. The summed E-state index contributed by atoms with van der Waals surface area (Å²) in [5.74, 6) is -1.26. The molecule has 2 saturated carbocycles. The highest BCUT2D eigenvalue weighted by molar-refractivity contribution is 9.10. The Morgan fingerprint density at radius 2 is 1.67 bits per heavy atom. The summed E-state index contributed by atoms with van der Waals surface area (Å²) in [4.78, 5) is 53.0. The second-order valence-corrected chi connectivity index (χ2v) is 11.5. The standard InChI is InChI=1S/C31H27BrN2O5/c1-17-13-21(32)9-12-25(17)33-26(35)16-39-31(38)19-7-10-22(11-8-19)34-29(36)27-20-14-23(18-5-3-2-4-6-18)24(15-20)28(27)30(34)37/h2-13,20,23-24,27-28H,14-16H2,1H3,(H,33,35)/t20-,23+,24+,27+,28+/m0/s1. The number of nitrogens with one attached hydrogen (secondary N) is 1. The van der Waals surface area contributed by atoms with Gasteiger partial charge < -0.3 is 10.1 Å². The third-order valence-electron chi connectivity index (χ3n) is 8.40. The maximum atomic E-state index is 13.5. The Bertz CT molecular complexity index is 1470. The molecule has 3 aliphatic rings. The molecule has 1 heterocycles. The molecule has 0 spiro atoms.